The van der Waals surface area contributed by atoms with Crippen LogP contribution in [0.1, 0.15) is 19.8 Å². The molecule has 1 unspecified atom stereocenters. The van der Waals surface area contributed by atoms with Gasteiger partial charge in [-0.05, 0) is 19.6 Å². The normalized spacial score (nSPS) is 14.5. The van der Waals surface area contributed by atoms with Gasteiger partial charge in [0.15, 0.2) is 0 Å². The van der Waals surface area contributed by atoms with Crippen molar-refractivity contribution >= 4 is 17.7 Å². The molecule has 0 bridgehead atoms. The zero-order valence-corrected chi connectivity index (χ0v) is 9.69. The Labute approximate surface area is 90.0 Å². The number of hydrogen-bond acceptors (Lipinski definition) is 3. The van der Waals surface area contributed by atoms with Gasteiger partial charge in [0.25, 0.3) is 0 Å². The van der Waals surface area contributed by atoms with Crippen LogP contribution in [0, 0.1) is 0 Å². The van der Waals surface area contributed by atoms with Crippen LogP contribution in [0.15, 0.2) is 12.7 Å². The molecule has 14 heavy (non-hydrogen) atoms. The predicted molar refractivity (Wildman–Crippen MR) is 61.4 cm³/mol. The zero-order valence-electron chi connectivity index (χ0n) is 8.88. The number of aliphatic hydroxyl groups is 1. The number of nitrogens with one attached hydrogen (secondary N) is 1. The summed E-state index contributed by atoms with van der Waals surface area (Å²) in [5.74, 6) is 0.584. The molecule has 1 atom stereocenters. The molecule has 3 nitrogen and oxygen atoms in total. The van der Waals surface area contributed by atoms with Crippen LogP contribution in [-0.2, 0) is 4.79 Å². The molecule has 0 saturated heterocycles. The van der Waals surface area contributed by atoms with Gasteiger partial charge in [0.05, 0.1) is 5.60 Å². The van der Waals surface area contributed by atoms with Crippen molar-refractivity contribution in [3.63, 3.8) is 0 Å². The average Bonchev–Trinajstić information content (AvgIpc) is 2.11. The molecule has 0 aliphatic rings. The van der Waals surface area contributed by atoms with E-state index in [1.165, 1.54) is 0 Å². The Morgan fingerprint density at radius 1 is 1.71 bits per heavy atom. The third-order valence-electron chi connectivity index (χ3n) is 1.70. The Hall–Kier alpha value is -0.480. The maximum absolute atomic E-state index is 11.2. The highest BCUT2D eigenvalue weighted by Gasteiger charge is 2.19. The molecule has 0 aliphatic carbocycles. The van der Waals surface area contributed by atoms with Crippen molar-refractivity contribution in [2.75, 3.05) is 18.6 Å². The first-order valence-corrected chi connectivity index (χ1v) is 6.00. The van der Waals surface area contributed by atoms with Gasteiger partial charge >= 0.3 is 0 Å². The standard InChI is InChI=1S/C10H19NO2S/c1-4-5-6-9(12)11-7-10(2,13)8-14-3/h4,13H,1,5-8H2,2-3H3,(H,11,12). The number of amides is 1. The number of carbonyl (C=O) groups is 1. The fraction of sp³-hybridized carbons (Fsp3) is 0.700. The Bertz CT molecular complexity index is 193. The van der Waals surface area contributed by atoms with Crippen molar-refractivity contribution in [3.8, 4) is 0 Å². The molecule has 82 valence electrons. The molecule has 0 aromatic rings. The topological polar surface area (TPSA) is 49.3 Å². The summed E-state index contributed by atoms with van der Waals surface area (Å²) >= 11 is 1.56. The number of thioether (sulfide) groups is 1. The third kappa shape index (κ3) is 6.97. The van der Waals surface area contributed by atoms with Crippen molar-refractivity contribution < 1.29 is 9.90 Å². The van der Waals surface area contributed by atoms with Crippen LogP contribution in [0.4, 0.5) is 0 Å². The molecule has 0 aromatic heterocycles. The SMILES string of the molecule is C=CCCC(=O)NCC(C)(O)CSC. The van der Waals surface area contributed by atoms with E-state index in [0.717, 1.165) is 0 Å². The average molecular weight is 217 g/mol. The molecule has 0 spiro atoms. The lowest BCUT2D eigenvalue weighted by Crippen LogP contribution is -2.42. The maximum Gasteiger partial charge on any atom is 0.220 e. The van der Waals surface area contributed by atoms with Gasteiger partial charge in [-0.2, -0.15) is 11.8 Å². The van der Waals surface area contributed by atoms with Gasteiger partial charge in [0.2, 0.25) is 5.91 Å². The van der Waals surface area contributed by atoms with Crippen LogP contribution >= 0.6 is 11.8 Å². The van der Waals surface area contributed by atoms with Crippen molar-refractivity contribution in [1.29, 1.82) is 0 Å². The molecule has 0 radical (unpaired) electrons. The van der Waals surface area contributed by atoms with Gasteiger partial charge in [-0.3, -0.25) is 4.79 Å². The molecule has 2 N–H and O–H groups in total. The van der Waals surface area contributed by atoms with Crippen molar-refractivity contribution in [2.24, 2.45) is 0 Å². The van der Waals surface area contributed by atoms with E-state index in [2.05, 4.69) is 11.9 Å². The Kier molecular flexibility index (Phi) is 6.66. The van der Waals surface area contributed by atoms with E-state index in [-0.39, 0.29) is 5.91 Å². The van der Waals surface area contributed by atoms with Crippen molar-refractivity contribution in [3.05, 3.63) is 12.7 Å². The summed E-state index contributed by atoms with van der Waals surface area (Å²) in [6.45, 7) is 5.57. The van der Waals surface area contributed by atoms with Crippen LogP contribution in [0.2, 0.25) is 0 Å². The molecule has 0 heterocycles. The first-order valence-electron chi connectivity index (χ1n) is 4.61. The van der Waals surface area contributed by atoms with E-state index < -0.39 is 5.60 Å². The highest BCUT2D eigenvalue weighted by atomic mass is 32.2. The highest BCUT2D eigenvalue weighted by molar-refractivity contribution is 7.98. The number of carbonyl (C=O) groups excluding carboxylic acids is 1. The third-order valence-corrected chi connectivity index (χ3v) is 2.61. The van der Waals surface area contributed by atoms with Crippen LogP contribution in [0.5, 0.6) is 0 Å². The lowest BCUT2D eigenvalue weighted by molar-refractivity contribution is -0.122. The second-order valence-corrected chi connectivity index (χ2v) is 4.40. The molecule has 0 saturated carbocycles. The molecule has 4 heteroatoms. The van der Waals surface area contributed by atoms with Gasteiger partial charge in [-0.1, -0.05) is 6.08 Å². The van der Waals surface area contributed by atoms with E-state index in [1.807, 2.05) is 6.26 Å². The molecule has 0 fully saturated rings. The molecular formula is C10H19NO2S. The molecule has 1 amide bonds. The minimum Gasteiger partial charge on any atom is -0.387 e. The lowest BCUT2D eigenvalue weighted by atomic mass is 10.1. The summed E-state index contributed by atoms with van der Waals surface area (Å²) in [6, 6.07) is 0. The van der Waals surface area contributed by atoms with Crippen LogP contribution in [-0.4, -0.2) is 35.2 Å². The maximum atomic E-state index is 11.2. The van der Waals surface area contributed by atoms with E-state index in [1.54, 1.807) is 24.8 Å². The van der Waals surface area contributed by atoms with E-state index in [4.69, 9.17) is 0 Å². The van der Waals surface area contributed by atoms with Gasteiger partial charge in [0.1, 0.15) is 0 Å². The van der Waals surface area contributed by atoms with Crippen LogP contribution in [0.3, 0.4) is 0 Å². The van der Waals surface area contributed by atoms with E-state index in [0.29, 0.717) is 25.1 Å². The fourth-order valence-corrected chi connectivity index (χ4v) is 1.70. The zero-order chi connectivity index (χ0) is 11.0. The summed E-state index contributed by atoms with van der Waals surface area (Å²) in [6.07, 6.45) is 4.75. The van der Waals surface area contributed by atoms with Crippen LogP contribution in [0.25, 0.3) is 0 Å². The Morgan fingerprint density at radius 3 is 2.86 bits per heavy atom. The van der Waals surface area contributed by atoms with Crippen molar-refractivity contribution in [2.45, 2.75) is 25.4 Å². The molecule has 0 aromatic carbocycles. The van der Waals surface area contributed by atoms with Gasteiger partial charge in [0, 0.05) is 18.7 Å². The van der Waals surface area contributed by atoms with Crippen molar-refractivity contribution in [1.82, 2.24) is 5.32 Å². The van der Waals surface area contributed by atoms with E-state index in [9.17, 15) is 9.90 Å². The first-order chi connectivity index (χ1) is 6.52. The van der Waals surface area contributed by atoms with Gasteiger partial charge in [-0.15, -0.1) is 6.58 Å². The second-order valence-electron chi connectivity index (χ2n) is 3.53. The second kappa shape index (κ2) is 6.90. The lowest BCUT2D eigenvalue weighted by Gasteiger charge is -2.22. The van der Waals surface area contributed by atoms with Crippen LogP contribution < -0.4 is 5.32 Å². The highest BCUT2D eigenvalue weighted by Crippen LogP contribution is 2.08. The summed E-state index contributed by atoms with van der Waals surface area (Å²) in [5.41, 5.74) is -0.816. The summed E-state index contributed by atoms with van der Waals surface area (Å²) in [4.78, 5) is 11.2. The first kappa shape index (κ1) is 13.5. The smallest absolute Gasteiger partial charge is 0.220 e. The fourth-order valence-electron chi connectivity index (χ4n) is 0.973. The summed E-state index contributed by atoms with van der Waals surface area (Å²) in [7, 11) is 0. The largest absolute Gasteiger partial charge is 0.387 e. The Balaban J connectivity index is 3.69. The Morgan fingerprint density at radius 2 is 2.36 bits per heavy atom. The number of rotatable bonds is 7. The van der Waals surface area contributed by atoms with Gasteiger partial charge < -0.3 is 10.4 Å². The number of hydrogen-bond donors (Lipinski definition) is 2. The monoisotopic (exact) mass is 217 g/mol. The molecule has 0 aliphatic heterocycles. The van der Waals surface area contributed by atoms with Gasteiger partial charge in [-0.25, -0.2) is 0 Å². The summed E-state index contributed by atoms with van der Waals surface area (Å²) < 4.78 is 0. The molecule has 0 rings (SSSR count). The minimum absolute atomic E-state index is 0.0359. The molecular weight excluding hydrogens is 198 g/mol. The quantitative estimate of drug-likeness (QED) is 0.630. The minimum atomic E-state index is -0.816. The summed E-state index contributed by atoms with van der Waals surface area (Å²) in [5, 5.41) is 12.4. The number of allylic oxidation sites excluding steroid dienone is 1. The van der Waals surface area contributed by atoms with E-state index >= 15 is 0 Å². The predicted octanol–water partition coefficient (Wildman–Crippen LogP) is 1.18.